The van der Waals surface area contributed by atoms with Gasteiger partial charge in [-0.15, -0.1) is 0 Å². The fourth-order valence-electron chi connectivity index (χ4n) is 5.48. The minimum Gasteiger partial charge on any atom is -0.497 e. The lowest BCUT2D eigenvalue weighted by molar-refractivity contribution is -0.127. The molecule has 2 saturated heterocycles. The predicted octanol–water partition coefficient (Wildman–Crippen LogP) is 4.15. The van der Waals surface area contributed by atoms with Crippen molar-refractivity contribution in [1.29, 1.82) is 0 Å². The molecule has 0 bridgehead atoms. The average Bonchev–Trinajstić information content (AvgIpc) is 3.45. The van der Waals surface area contributed by atoms with Crippen molar-refractivity contribution in [3.8, 4) is 5.75 Å². The molecule has 0 aromatic heterocycles. The van der Waals surface area contributed by atoms with Gasteiger partial charge in [0.05, 0.1) is 30.7 Å². The van der Waals surface area contributed by atoms with Crippen LogP contribution >= 0.6 is 15.9 Å². The van der Waals surface area contributed by atoms with Crippen molar-refractivity contribution in [3.63, 3.8) is 0 Å². The van der Waals surface area contributed by atoms with Gasteiger partial charge < -0.3 is 9.47 Å². The van der Waals surface area contributed by atoms with Crippen molar-refractivity contribution in [2.24, 2.45) is 11.8 Å². The Morgan fingerprint density at radius 1 is 0.857 bits per heavy atom. The fraction of sp³-hybridized carbons (Fsp3) is 0.185. The number of anilines is 1. The van der Waals surface area contributed by atoms with Gasteiger partial charge in [0.25, 0.3) is 0 Å². The van der Waals surface area contributed by atoms with Gasteiger partial charge in [-0.25, -0.2) is 4.90 Å². The van der Waals surface area contributed by atoms with Crippen LogP contribution in [0.1, 0.15) is 32.4 Å². The Morgan fingerprint density at radius 2 is 1.51 bits per heavy atom. The van der Waals surface area contributed by atoms with Crippen LogP contribution in [0.5, 0.6) is 5.75 Å². The molecule has 174 valence electrons. The summed E-state index contributed by atoms with van der Waals surface area (Å²) in [5, 5.41) is 0. The maximum atomic E-state index is 13.9. The van der Waals surface area contributed by atoms with E-state index in [4.69, 9.17) is 9.47 Å². The lowest BCUT2D eigenvalue weighted by Gasteiger charge is -2.27. The fourth-order valence-corrected chi connectivity index (χ4v) is 5.75. The number of ether oxygens (including phenoxy) is 2. The Labute approximate surface area is 208 Å². The number of fused-ring (bicyclic) bond motifs is 3. The van der Waals surface area contributed by atoms with E-state index in [-0.39, 0.29) is 11.1 Å². The summed E-state index contributed by atoms with van der Waals surface area (Å²) in [4.78, 5) is 56.3. The third-order valence-electron chi connectivity index (χ3n) is 7.03. The quantitative estimate of drug-likeness (QED) is 0.372. The minimum atomic E-state index is -2.10. The van der Waals surface area contributed by atoms with E-state index < -0.39 is 46.9 Å². The van der Waals surface area contributed by atoms with E-state index in [1.807, 2.05) is 0 Å². The first kappa shape index (κ1) is 21.9. The van der Waals surface area contributed by atoms with Crippen molar-refractivity contribution >= 4 is 45.0 Å². The van der Waals surface area contributed by atoms with Crippen LogP contribution in [0.15, 0.2) is 77.3 Å². The molecule has 2 heterocycles. The molecular formula is C27H18BrNO6. The predicted molar refractivity (Wildman–Crippen MR) is 128 cm³/mol. The summed E-state index contributed by atoms with van der Waals surface area (Å²) in [5.74, 6) is -4.12. The number of Topliss-reactive ketones (excluding diaryl/α,β-unsaturated/α-hetero) is 2. The van der Waals surface area contributed by atoms with Crippen LogP contribution in [-0.2, 0) is 14.3 Å². The van der Waals surface area contributed by atoms with E-state index in [9.17, 15) is 19.2 Å². The first-order valence-electron chi connectivity index (χ1n) is 11.0. The van der Waals surface area contributed by atoms with Crippen LogP contribution in [0.2, 0.25) is 0 Å². The smallest absolute Gasteiger partial charge is 0.241 e. The lowest BCUT2D eigenvalue weighted by Crippen LogP contribution is -2.51. The van der Waals surface area contributed by atoms with Gasteiger partial charge in [-0.2, -0.15) is 0 Å². The summed E-state index contributed by atoms with van der Waals surface area (Å²) in [6.07, 6.45) is -0.991. The molecule has 35 heavy (non-hydrogen) atoms. The van der Waals surface area contributed by atoms with Gasteiger partial charge in [0.2, 0.25) is 29.0 Å². The minimum absolute atomic E-state index is 0.199. The van der Waals surface area contributed by atoms with E-state index in [2.05, 4.69) is 15.9 Å². The van der Waals surface area contributed by atoms with Crippen molar-refractivity contribution in [3.05, 3.63) is 94.0 Å². The van der Waals surface area contributed by atoms with E-state index in [0.29, 0.717) is 17.0 Å². The number of hydrogen-bond donors (Lipinski definition) is 0. The highest BCUT2D eigenvalue weighted by Gasteiger charge is 2.74. The van der Waals surface area contributed by atoms with Crippen molar-refractivity contribution < 1.29 is 28.7 Å². The molecule has 6 rings (SSSR count). The second-order valence-electron chi connectivity index (χ2n) is 8.75. The Morgan fingerprint density at radius 3 is 2.14 bits per heavy atom. The molecular weight excluding hydrogens is 514 g/mol. The number of methoxy groups -OCH3 is 1. The number of amides is 2. The molecule has 3 aliphatic rings. The van der Waals surface area contributed by atoms with Crippen molar-refractivity contribution in [1.82, 2.24) is 0 Å². The monoisotopic (exact) mass is 531 g/mol. The molecule has 2 amide bonds. The first-order chi connectivity index (χ1) is 16.9. The number of carbonyl (C=O) groups excluding carboxylic acids is 4. The molecule has 3 atom stereocenters. The molecule has 0 unspecified atom stereocenters. The summed E-state index contributed by atoms with van der Waals surface area (Å²) in [6, 6.07) is 20.0. The van der Waals surface area contributed by atoms with Crippen molar-refractivity contribution in [2.45, 2.75) is 11.7 Å². The maximum Gasteiger partial charge on any atom is 0.241 e. The normalized spacial score (nSPS) is 24.3. The van der Waals surface area contributed by atoms with Crippen LogP contribution in [0.4, 0.5) is 5.69 Å². The summed E-state index contributed by atoms with van der Waals surface area (Å²) < 4.78 is 12.4. The SMILES string of the molecule is COc1cccc([C@@H]2OC3(C(=O)c4ccccc4C3=O)[C@H]3C(=O)N(c4ccc(Br)cc4)C(=O)[C@@H]23)c1. The zero-order valence-electron chi connectivity index (χ0n) is 18.4. The zero-order chi connectivity index (χ0) is 24.5. The Hall–Kier alpha value is -3.62. The molecule has 2 fully saturated rings. The molecule has 3 aromatic carbocycles. The lowest BCUT2D eigenvalue weighted by atomic mass is 9.77. The number of hydrogen-bond acceptors (Lipinski definition) is 6. The van der Waals surface area contributed by atoms with Gasteiger partial charge in [0, 0.05) is 15.6 Å². The maximum absolute atomic E-state index is 13.9. The highest BCUT2D eigenvalue weighted by atomic mass is 79.9. The molecule has 1 spiro atoms. The number of rotatable bonds is 3. The molecule has 0 saturated carbocycles. The van der Waals surface area contributed by atoms with Gasteiger partial charge in [-0.3, -0.25) is 19.2 Å². The molecule has 3 aromatic rings. The molecule has 1 aliphatic carbocycles. The second kappa shape index (κ2) is 7.69. The molecule has 2 aliphatic heterocycles. The molecule has 7 nitrogen and oxygen atoms in total. The van der Waals surface area contributed by atoms with Gasteiger partial charge in [-0.05, 0) is 42.0 Å². The number of carbonyl (C=O) groups is 4. The highest BCUT2D eigenvalue weighted by Crippen LogP contribution is 2.57. The van der Waals surface area contributed by atoms with Gasteiger partial charge in [0.1, 0.15) is 5.75 Å². The molecule has 0 N–H and O–H groups in total. The van der Waals surface area contributed by atoms with Crippen LogP contribution in [-0.4, -0.2) is 36.1 Å². The number of benzene rings is 3. The molecule has 0 radical (unpaired) electrons. The van der Waals surface area contributed by atoms with Crippen LogP contribution in [0, 0.1) is 11.8 Å². The van der Waals surface area contributed by atoms with E-state index in [1.54, 1.807) is 72.8 Å². The summed E-state index contributed by atoms with van der Waals surface area (Å²) in [6.45, 7) is 0. The topological polar surface area (TPSA) is 90.0 Å². The summed E-state index contributed by atoms with van der Waals surface area (Å²) in [7, 11) is 1.51. The summed E-state index contributed by atoms with van der Waals surface area (Å²) >= 11 is 3.36. The van der Waals surface area contributed by atoms with Crippen LogP contribution in [0.3, 0.4) is 0 Å². The third kappa shape index (κ3) is 2.87. The van der Waals surface area contributed by atoms with Gasteiger partial charge >= 0.3 is 0 Å². The van der Waals surface area contributed by atoms with Gasteiger partial charge in [0.15, 0.2) is 0 Å². The standard InChI is InChI=1S/C27H18BrNO6/c1-34-17-6-4-5-14(13-17)22-20-21(26(33)29(25(20)32)16-11-9-15(28)10-12-16)27(35-22)23(30)18-7-2-3-8-19(18)24(27)31/h2-13,20-22H,1H3/t20-,21-,22+/m1/s1. The van der Waals surface area contributed by atoms with E-state index >= 15 is 0 Å². The van der Waals surface area contributed by atoms with Crippen molar-refractivity contribution in [2.75, 3.05) is 12.0 Å². The first-order valence-corrected chi connectivity index (χ1v) is 11.8. The van der Waals surface area contributed by atoms with E-state index in [0.717, 1.165) is 9.37 Å². The number of nitrogens with zero attached hydrogens (tertiary/aromatic N) is 1. The Balaban J connectivity index is 1.54. The van der Waals surface area contributed by atoms with Crippen LogP contribution < -0.4 is 9.64 Å². The molecule has 8 heteroatoms. The largest absolute Gasteiger partial charge is 0.497 e. The number of imide groups is 1. The highest BCUT2D eigenvalue weighted by molar-refractivity contribution is 9.10. The van der Waals surface area contributed by atoms with Crippen LogP contribution in [0.25, 0.3) is 0 Å². The Kier molecular flexibility index (Phi) is 4.81. The van der Waals surface area contributed by atoms with Gasteiger partial charge in [-0.1, -0.05) is 52.3 Å². The zero-order valence-corrected chi connectivity index (χ0v) is 20.0. The van der Waals surface area contributed by atoms with E-state index in [1.165, 1.54) is 7.11 Å². The third-order valence-corrected chi connectivity index (χ3v) is 7.55. The average molecular weight is 532 g/mol. The number of halogens is 1. The summed E-state index contributed by atoms with van der Waals surface area (Å²) in [5.41, 5.74) is -0.784. The Bertz CT molecular complexity index is 1400. The number of ketones is 2. The second-order valence-corrected chi connectivity index (χ2v) is 9.66.